The molecule has 0 N–H and O–H groups in total. The summed E-state index contributed by atoms with van der Waals surface area (Å²) in [5.41, 5.74) is 14.1. The van der Waals surface area contributed by atoms with Gasteiger partial charge in [-0.3, -0.25) is 0 Å². The Morgan fingerprint density at radius 3 is 2.00 bits per heavy atom. The summed E-state index contributed by atoms with van der Waals surface area (Å²) in [5, 5.41) is 1.81. The van der Waals surface area contributed by atoms with Gasteiger partial charge < -0.3 is 9.30 Å². The molecule has 0 amide bonds. The van der Waals surface area contributed by atoms with Crippen LogP contribution in [0.2, 0.25) is 0 Å². The average molecular weight is 618 g/mol. The Morgan fingerprint density at radius 1 is 0.733 bits per heavy atom. The predicted octanol–water partition coefficient (Wildman–Crippen LogP) is 11.5. The van der Waals surface area contributed by atoms with Crippen molar-refractivity contribution in [3.8, 4) is 22.4 Å². The molecule has 6 rings (SSSR count). The van der Waals surface area contributed by atoms with Crippen molar-refractivity contribution in [2.24, 2.45) is 7.05 Å². The highest BCUT2D eigenvalue weighted by molar-refractivity contribution is 8.32. The fourth-order valence-electron chi connectivity index (χ4n) is 7.62. The number of benzene rings is 4. The van der Waals surface area contributed by atoms with E-state index in [0.717, 1.165) is 18.8 Å². The van der Waals surface area contributed by atoms with Crippen LogP contribution in [0.3, 0.4) is 0 Å². The van der Waals surface area contributed by atoms with E-state index in [4.69, 9.17) is 4.74 Å². The number of unbranched alkanes of at least 4 members (excludes halogenated alkanes) is 3. The maximum absolute atomic E-state index is 6.02. The first kappa shape index (κ1) is 31.7. The van der Waals surface area contributed by atoms with Crippen LogP contribution in [0.4, 0.5) is 0 Å². The van der Waals surface area contributed by atoms with Crippen LogP contribution in [0.5, 0.6) is 0 Å². The largest absolute Gasteiger partial charge is 0.376 e. The molecule has 0 saturated heterocycles. The molecule has 5 aromatic rings. The highest BCUT2D eigenvalue weighted by atomic mass is 32.3. The van der Waals surface area contributed by atoms with Gasteiger partial charge in [-0.15, -0.1) is 0 Å². The van der Waals surface area contributed by atoms with E-state index in [9.17, 15) is 0 Å². The summed E-state index contributed by atoms with van der Waals surface area (Å²) in [7, 11) is 1.10. The third kappa shape index (κ3) is 6.40. The van der Waals surface area contributed by atoms with Gasteiger partial charge in [0.25, 0.3) is 0 Å². The molecular weight excluding hydrogens is 567 g/mol. The van der Waals surface area contributed by atoms with Gasteiger partial charge in [0, 0.05) is 41.1 Å². The zero-order valence-corrected chi connectivity index (χ0v) is 29.3. The van der Waals surface area contributed by atoms with Crippen molar-refractivity contribution in [2.75, 3.05) is 18.6 Å². The maximum Gasteiger partial charge on any atom is 0.0598 e. The number of ether oxygens (including phenoxy) is 1. The highest BCUT2D eigenvalue weighted by Crippen LogP contribution is 2.68. The van der Waals surface area contributed by atoms with Crippen molar-refractivity contribution in [1.82, 2.24) is 4.57 Å². The third-order valence-corrected chi connectivity index (χ3v) is 13.6. The molecule has 0 fully saturated rings. The number of nitrogens with zero attached hydrogens (tertiary/aromatic N) is 1. The van der Waals surface area contributed by atoms with E-state index >= 15 is 0 Å². The van der Waals surface area contributed by atoms with E-state index in [1.165, 1.54) is 86.1 Å². The molecule has 3 heteroatoms. The first-order valence-electron chi connectivity index (χ1n) is 16.8. The Morgan fingerprint density at radius 2 is 1.33 bits per heavy atom. The minimum Gasteiger partial charge on any atom is -0.376 e. The Bertz CT molecular complexity index is 1760. The first-order valence-corrected chi connectivity index (χ1v) is 19.2. The normalized spacial score (nSPS) is 15.2. The minimum atomic E-state index is -1.15. The lowest BCUT2D eigenvalue weighted by Gasteiger charge is -2.44. The zero-order chi connectivity index (χ0) is 31.8. The van der Waals surface area contributed by atoms with Crippen LogP contribution in [-0.4, -0.2) is 28.8 Å². The molecule has 4 aromatic carbocycles. The van der Waals surface area contributed by atoms with Crippen LogP contribution >= 0.6 is 10.0 Å². The van der Waals surface area contributed by atoms with Crippen LogP contribution in [0.15, 0.2) is 91.0 Å². The number of aromatic nitrogens is 1. The Kier molecular flexibility index (Phi) is 9.05. The van der Waals surface area contributed by atoms with Gasteiger partial charge in [-0.2, -0.15) is 0 Å². The van der Waals surface area contributed by atoms with E-state index in [1.807, 2.05) is 0 Å². The van der Waals surface area contributed by atoms with E-state index in [0.29, 0.717) is 5.25 Å². The SMILES string of the molecule is Cc1ccc2c(c1)c(C)c(-c1ccccc1CS(C)(CCCCCCOC(C)(C)C)C1c3ccccc3-c3ccccc31)n2C. The van der Waals surface area contributed by atoms with E-state index < -0.39 is 10.0 Å². The number of rotatable bonds is 11. The quantitative estimate of drug-likeness (QED) is 0.135. The topological polar surface area (TPSA) is 14.2 Å². The van der Waals surface area contributed by atoms with Crippen molar-refractivity contribution in [1.29, 1.82) is 0 Å². The molecule has 1 aromatic heterocycles. The molecule has 236 valence electrons. The monoisotopic (exact) mass is 617 g/mol. The van der Waals surface area contributed by atoms with Crippen molar-refractivity contribution in [3.05, 3.63) is 119 Å². The standard InChI is InChI=1S/C42H51NOS/c1-30-24-25-39-38(28-30)31(2)40(43(39)6)33-19-11-10-18-32(33)29-45(7,27-17-9-8-16-26-44-42(3,4)5)41-36-22-14-12-20-34(36)35-21-13-15-23-37(35)41/h10-15,18-25,28,41H,8-9,16-17,26-27,29H2,1-7H3. The fraction of sp³-hybridized carbons (Fsp3) is 0.381. The van der Waals surface area contributed by atoms with Gasteiger partial charge in [-0.05, 0) is 105 Å². The average Bonchev–Trinajstić information content (AvgIpc) is 3.48. The van der Waals surface area contributed by atoms with Crippen LogP contribution in [-0.2, 0) is 17.5 Å². The van der Waals surface area contributed by atoms with E-state index in [2.05, 4.69) is 143 Å². The molecular formula is C42H51NOS. The van der Waals surface area contributed by atoms with Crippen molar-refractivity contribution in [3.63, 3.8) is 0 Å². The number of fused-ring (bicyclic) bond motifs is 4. The summed E-state index contributed by atoms with van der Waals surface area (Å²) in [6.07, 6.45) is 7.55. The second-order valence-corrected chi connectivity index (χ2v) is 18.2. The van der Waals surface area contributed by atoms with Gasteiger partial charge in [-0.25, -0.2) is 10.0 Å². The third-order valence-electron chi connectivity index (χ3n) is 9.75. The summed E-state index contributed by atoms with van der Waals surface area (Å²) in [6.45, 7) is 11.8. The molecule has 0 saturated carbocycles. The molecule has 1 atom stereocenters. The molecule has 1 unspecified atom stereocenters. The van der Waals surface area contributed by atoms with E-state index in [-0.39, 0.29) is 5.60 Å². The van der Waals surface area contributed by atoms with Crippen LogP contribution < -0.4 is 0 Å². The minimum absolute atomic E-state index is 0.0548. The highest BCUT2D eigenvalue weighted by Gasteiger charge is 2.39. The Labute approximate surface area is 273 Å². The van der Waals surface area contributed by atoms with Crippen molar-refractivity contribution >= 4 is 20.9 Å². The van der Waals surface area contributed by atoms with Gasteiger partial charge >= 0.3 is 0 Å². The second-order valence-electron chi connectivity index (χ2n) is 14.3. The van der Waals surface area contributed by atoms with Gasteiger partial charge in [0.1, 0.15) is 0 Å². The molecule has 0 aliphatic heterocycles. The van der Waals surface area contributed by atoms with Crippen molar-refractivity contribution in [2.45, 2.75) is 76.9 Å². The summed E-state index contributed by atoms with van der Waals surface area (Å²) in [4.78, 5) is 0. The Balaban J connectivity index is 1.37. The molecule has 0 spiro atoms. The number of hydrogen-bond acceptors (Lipinski definition) is 1. The summed E-state index contributed by atoms with van der Waals surface area (Å²) >= 11 is 0. The lowest BCUT2D eigenvalue weighted by Crippen LogP contribution is -2.19. The van der Waals surface area contributed by atoms with Crippen molar-refractivity contribution < 1.29 is 4.74 Å². The molecule has 1 aliphatic rings. The summed E-state index contributed by atoms with van der Waals surface area (Å²) < 4.78 is 8.45. The van der Waals surface area contributed by atoms with E-state index in [1.54, 1.807) is 0 Å². The molecule has 2 nitrogen and oxygen atoms in total. The smallest absolute Gasteiger partial charge is 0.0598 e. The zero-order valence-electron chi connectivity index (χ0n) is 28.5. The molecule has 1 aliphatic carbocycles. The van der Waals surface area contributed by atoms with Crippen LogP contribution in [0, 0.1) is 13.8 Å². The van der Waals surface area contributed by atoms with Crippen LogP contribution in [0.1, 0.15) is 79.5 Å². The first-order chi connectivity index (χ1) is 21.6. The predicted molar refractivity (Wildman–Crippen MR) is 198 cm³/mol. The lowest BCUT2D eigenvalue weighted by atomic mass is 10.0. The number of hydrogen-bond donors (Lipinski definition) is 0. The molecule has 45 heavy (non-hydrogen) atoms. The molecule has 0 radical (unpaired) electrons. The summed E-state index contributed by atoms with van der Waals surface area (Å²) in [6, 6.07) is 34.6. The summed E-state index contributed by atoms with van der Waals surface area (Å²) in [5.74, 6) is 2.38. The van der Waals surface area contributed by atoms with Gasteiger partial charge in [0.2, 0.25) is 0 Å². The lowest BCUT2D eigenvalue weighted by molar-refractivity contribution is -0.00470. The molecule has 1 heterocycles. The fourth-order valence-corrected chi connectivity index (χ4v) is 11.6. The van der Waals surface area contributed by atoms with Crippen LogP contribution in [0.25, 0.3) is 33.3 Å². The maximum atomic E-state index is 6.02. The Hall–Kier alpha value is -3.27. The second kappa shape index (κ2) is 12.9. The number of aryl methyl sites for hydroxylation is 3. The van der Waals surface area contributed by atoms with Gasteiger partial charge in [0.15, 0.2) is 0 Å². The van der Waals surface area contributed by atoms with Gasteiger partial charge in [0.05, 0.1) is 11.3 Å². The van der Waals surface area contributed by atoms with Gasteiger partial charge in [-0.1, -0.05) is 97.3 Å². The molecule has 0 bridgehead atoms.